The zero-order chi connectivity index (χ0) is 13.7. The fraction of sp³-hybridized carbons (Fsp3) is 0.500. The standard InChI is InChI=1S/C14H21N3O2/c1-19-13-5-3-2-4-12(13)11-16-6-8-17(9-7-16)14(18)10-15/h2-5H,6-11,15H2,1H3. The highest BCUT2D eigenvalue weighted by Crippen LogP contribution is 2.19. The highest BCUT2D eigenvalue weighted by molar-refractivity contribution is 5.78. The zero-order valence-corrected chi connectivity index (χ0v) is 11.3. The number of nitrogens with zero attached hydrogens (tertiary/aromatic N) is 2. The summed E-state index contributed by atoms with van der Waals surface area (Å²) in [6.45, 7) is 4.23. The molecule has 0 unspecified atom stereocenters. The number of methoxy groups -OCH3 is 1. The Morgan fingerprint density at radius 1 is 1.26 bits per heavy atom. The van der Waals surface area contributed by atoms with Gasteiger partial charge < -0.3 is 15.4 Å². The summed E-state index contributed by atoms with van der Waals surface area (Å²) < 4.78 is 5.36. The van der Waals surface area contributed by atoms with Crippen molar-refractivity contribution >= 4 is 5.91 Å². The Labute approximate surface area is 113 Å². The third-order valence-corrected chi connectivity index (χ3v) is 3.49. The van der Waals surface area contributed by atoms with E-state index in [2.05, 4.69) is 11.0 Å². The molecule has 0 aromatic heterocycles. The Morgan fingerprint density at radius 3 is 2.58 bits per heavy atom. The van der Waals surface area contributed by atoms with Crippen LogP contribution in [0.15, 0.2) is 24.3 Å². The molecule has 1 saturated heterocycles. The first-order valence-corrected chi connectivity index (χ1v) is 6.56. The number of hydrogen-bond acceptors (Lipinski definition) is 4. The van der Waals surface area contributed by atoms with Crippen molar-refractivity contribution in [1.29, 1.82) is 0 Å². The molecule has 1 aromatic rings. The molecule has 0 aliphatic carbocycles. The largest absolute Gasteiger partial charge is 0.496 e. The number of carbonyl (C=O) groups excluding carboxylic acids is 1. The Kier molecular flexibility index (Phi) is 4.76. The van der Waals surface area contributed by atoms with E-state index in [0.29, 0.717) is 0 Å². The molecule has 2 rings (SSSR count). The number of nitrogens with two attached hydrogens (primary N) is 1. The van der Waals surface area contributed by atoms with Gasteiger partial charge in [0.2, 0.25) is 5.91 Å². The van der Waals surface area contributed by atoms with Crippen molar-refractivity contribution in [1.82, 2.24) is 9.80 Å². The van der Waals surface area contributed by atoms with E-state index < -0.39 is 0 Å². The summed E-state index contributed by atoms with van der Waals surface area (Å²) in [7, 11) is 1.69. The van der Waals surface area contributed by atoms with Crippen LogP contribution in [0.2, 0.25) is 0 Å². The lowest BCUT2D eigenvalue weighted by Crippen LogP contribution is -2.49. The van der Waals surface area contributed by atoms with E-state index in [1.165, 1.54) is 5.56 Å². The van der Waals surface area contributed by atoms with Crippen LogP contribution in [0.1, 0.15) is 5.56 Å². The molecule has 1 heterocycles. The van der Waals surface area contributed by atoms with E-state index in [1.54, 1.807) is 7.11 Å². The number of piperazine rings is 1. The van der Waals surface area contributed by atoms with Gasteiger partial charge in [0, 0.05) is 38.3 Å². The molecule has 0 spiro atoms. The summed E-state index contributed by atoms with van der Waals surface area (Å²) in [5.41, 5.74) is 6.56. The van der Waals surface area contributed by atoms with Gasteiger partial charge in [0.15, 0.2) is 0 Å². The molecule has 1 aliphatic heterocycles. The van der Waals surface area contributed by atoms with Crippen LogP contribution >= 0.6 is 0 Å². The highest BCUT2D eigenvalue weighted by Gasteiger charge is 2.20. The highest BCUT2D eigenvalue weighted by atomic mass is 16.5. The Morgan fingerprint density at radius 2 is 1.95 bits per heavy atom. The second-order valence-corrected chi connectivity index (χ2v) is 4.67. The molecule has 0 radical (unpaired) electrons. The zero-order valence-electron chi connectivity index (χ0n) is 11.3. The number of ether oxygens (including phenoxy) is 1. The molecule has 19 heavy (non-hydrogen) atoms. The average molecular weight is 263 g/mol. The number of amides is 1. The average Bonchev–Trinajstić information content (AvgIpc) is 2.48. The molecule has 104 valence electrons. The normalized spacial score (nSPS) is 16.4. The van der Waals surface area contributed by atoms with E-state index in [-0.39, 0.29) is 12.5 Å². The number of benzene rings is 1. The van der Waals surface area contributed by atoms with Crippen molar-refractivity contribution in [3.05, 3.63) is 29.8 Å². The van der Waals surface area contributed by atoms with Gasteiger partial charge in [-0.3, -0.25) is 9.69 Å². The molecule has 5 heteroatoms. The van der Waals surface area contributed by atoms with Crippen LogP contribution in [0.25, 0.3) is 0 Å². The van der Waals surface area contributed by atoms with E-state index in [1.807, 2.05) is 23.1 Å². The monoisotopic (exact) mass is 263 g/mol. The van der Waals surface area contributed by atoms with Gasteiger partial charge in [0.1, 0.15) is 5.75 Å². The van der Waals surface area contributed by atoms with Crippen LogP contribution < -0.4 is 10.5 Å². The van der Waals surface area contributed by atoms with Crippen molar-refractivity contribution in [2.45, 2.75) is 6.54 Å². The van der Waals surface area contributed by atoms with Crippen molar-refractivity contribution < 1.29 is 9.53 Å². The van der Waals surface area contributed by atoms with Gasteiger partial charge >= 0.3 is 0 Å². The van der Waals surface area contributed by atoms with Gasteiger partial charge in [-0.1, -0.05) is 18.2 Å². The topological polar surface area (TPSA) is 58.8 Å². The molecular weight excluding hydrogens is 242 g/mol. The third kappa shape index (κ3) is 3.45. The van der Waals surface area contributed by atoms with Crippen molar-refractivity contribution in [3.8, 4) is 5.75 Å². The molecule has 0 bridgehead atoms. The maximum absolute atomic E-state index is 11.5. The van der Waals surface area contributed by atoms with Gasteiger partial charge in [0.05, 0.1) is 13.7 Å². The summed E-state index contributed by atoms with van der Waals surface area (Å²) in [6, 6.07) is 8.05. The van der Waals surface area contributed by atoms with Crippen LogP contribution in [-0.2, 0) is 11.3 Å². The summed E-state index contributed by atoms with van der Waals surface area (Å²) in [5.74, 6) is 0.958. The van der Waals surface area contributed by atoms with Crippen LogP contribution in [0.3, 0.4) is 0 Å². The molecule has 1 aromatic carbocycles. The van der Waals surface area contributed by atoms with Crippen molar-refractivity contribution in [2.75, 3.05) is 39.8 Å². The number of carbonyl (C=O) groups is 1. The second-order valence-electron chi connectivity index (χ2n) is 4.67. The lowest BCUT2D eigenvalue weighted by Gasteiger charge is -2.34. The first-order valence-electron chi connectivity index (χ1n) is 6.56. The fourth-order valence-corrected chi connectivity index (χ4v) is 2.36. The van der Waals surface area contributed by atoms with E-state index in [0.717, 1.165) is 38.5 Å². The SMILES string of the molecule is COc1ccccc1CN1CCN(C(=O)CN)CC1. The molecule has 0 atom stereocenters. The molecule has 1 fully saturated rings. The van der Waals surface area contributed by atoms with Crippen LogP contribution in [0, 0.1) is 0 Å². The molecule has 1 amide bonds. The minimum atomic E-state index is 0.0388. The third-order valence-electron chi connectivity index (χ3n) is 3.49. The maximum Gasteiger partial charge on any atom is 0.236 e. The smallest absolute Gasteiger partial charge is 0.236 e. The van der Waals surface area contributed by atoms with Gasteiger partial charge in [-0.05, 0) is 6.07 Å². The van der Waals surface area contributed by atoms with E-state index in [9.17, 15) is 4.79 Å². The molecular formula is C14H21N3O2. The molecule has 5 nitrogen and oxygen atoms in total. The molecule has 0 saturated carbocycles. The first kappa shape index (κ1) is 13.8. The lowest BCUT2D eigenvalue weighted by atomic mass is 10.1. The summed E-state index contributed by atoms with van der Waals surface area (Å²) in [6.07, 6.45) is 0. The summed E-state index contributed by atoms with van der Waals surface area (Å²) in [4.78, 5) is 15.7. The maximum atomic E-state index is 11.5. The number of hydrogen-bond donors (Lipinski definition) is 1. The fourth-order valence-electron chi connectivity index (χ4n) is 2.36. The summed E-state index contributed by atoms with van der Waals surface area (Å²) in [5, 5.41) is 0. The van der Waals surface area contributed by atoms with Gasteiger partial charge in [-0.15, -0.1) is 0 Å². The Balaban J connectivity index is 1.90. The predicted octanol–water partition coefficient (Wildman–Crippen LogP) is 0.298. The predicted molar refractivity (Wildman–Crippen MR) is 73.9 cm³/mol. The molecule has 1 aliphatic rings. The van der Waals surface area contributed by atoms with Gasteiger partial charge in [-0.25, -0.2) is 0 Å². The van der Waals surface area contributed by atoms with Crippen LogP contribution in [0.5, 0.6) is 5.75 Å². The minimum Gasteiger partial charge on any atom is -0.496 e. The Hall–Kier alpha value is -1.59. The van der Waals surface area contributed by atoms with Crippen molar-refractivity contribution in [3.63, 3.8) is 0 Å². The van der Waals surface area contributed by atoms with Crippen LogP contribution in [0.4, 0.5) is 0 Å². The molecule has 2 N–H and O–H groups in total. The van der Waals surface area contributed by atoms with E-state index in [4.69, 9.17) is 10.5 Å². The Bertz CT molecular complexity index is 428. The first-order chi connectivity index (χ1) is 9.24. The summed E-state index contributed by atoms with van der Waals surface area (Å²) >= 11 is 0. The van der Waals surface area contributed by atoms with E-state index >= 15 is 0 Å². The lowest BCUT2D eigenvalue weighted by molar-refractivity contribution is -0.131. The van der Waals surface area contributed by atoms with Crippen LogP contribution in [-0.4, -0.2) is 55.5 Å². The quantitative estimate of drug-likeness (QED) is 0.849. The minimum absolute atomic E-state index is 0.0388. The number of rotatable bonds is 4. The second kappa shape index (κ2) is 6.54. The van der Waals surface area contributed by atoms with Gasteiger partial charge in [0.25, 0.3) is 0 Å². The number of para-hydroxylation sites is 1. The van der Waals surface area contributed by atoms with Crippen molar-refractivity contribution in [2.24, 2.45) is 5.73 Å². The van der Waals surface area contributed by atoms with Gasteiger partial charge in [-0.2, -0.15) is 0 Å².